The van der Waals surface area contributed by atoms with Crippen molar-refractivity contribution in [2.75, 3.05) is 20.7 Å². The van der Waals surface area contributed by atoms with Crippen molar-refractivity contribution in [3.63, 3.8) is 0 Å². The Morgan fingerprint density at radius 2 is 1.89 bits per heavy atom. The molecule has 0 spiro atoms. The second kappa shape index (κ2) is 8.23. The summed E-state index contributed by atoms with van der Waals surface area (Å²) in [7, 11) is 3.21. The van der Waals surface area contributed by atoms with E-state index in [1.807, 2.05) is 18.9 Å². The van der Waals surface area contributed by atoms with Crippen molar-refractivity contribution in [2.45, 2.75) is 24.8 Å². The molecule has 0 amide bonds. The van der Waals surface area contributed by atoms with Crippen LogP contribution < -0.4 is 4.74 Å². The van der Waals surface area contributed by atoms with E-state index < -0.39 is 11.0 Å². The van der Waals surface area contributed by atoms with E-state index in [-0.39, 0.29) is 16.9 Å². The lowest BCUT2D eigenvalue weighted by Crippen LogP contribution is -2.42. The van der Waals surface area contributed by atoms with Crippen molar-refractivity contribution in [3.05, 3.63) is 59.2 Å². The van der Waals surface area contributed by atoms with Gasteiger partial charge in [-0.1, -0.05) is 30.3 Å². The molecule has 27 heavy (non-hydrogen) atoms. The van der Waals surface area contributed by atoms with E-state index in [1.54, 1.807) is 31.5 Å². The van der Waals surface area contributed by atoms with Gasteiger partial charge in [0.1, 0.15) is 5.75 Å². The highest BCUT2D eigenvalue weighted by Gasteiger charge is 2.55. The highest BCUT2D eigenvalue weighted by Crippen LogP contribution is 2.49. The first-order valence-electron chi connectivity index (χ1n) is 8.43. The number of aliphatic imine (C=N–C) groups is 1. The molecule has 2 rings (SSSR count). The van der Waals surface area contributed by atoms with Gasteiger partial charge in [0, 0.05) is 25.2 Å². The van der Waals surface area contributed by atoms with Crippen LogP contribution in [-0.4, -0.2) is 42.4 Å². The summed E-state index contributed by atoms with van der Waals surface area (Å²) in [6.45, 7) is 4.47. The van der Waals surface area contributed by atoms with Crippen LogP contribution in [0.25, 0.3) is 0 Å². The van der Waals surface area contributed by atoms with Gasteiger partial charge in [0.05, 0.1) is 19.1 Å². The third kappa shape index (κ3) is 4.22. The van der Waals surface area contributed by atoms with Gasteiger partial charge in [0.2, 0.25) is 0 Å². The molecule has 0 aliphatic heterocycles. The number of nitrogens with zero attached hydrogens (tertiary/aromatic N) is 2. The molecule has 0 fully saturated rings. The quantitative estimate of drug-likeness (QED) is 0.420. The Bertz CT molecular complexity index is 810. The molecular weight excluding hydrogens is 374 g/mol. The lowest BCUT2D eigenvalue weighted by atomic mass is 9.84. The lowest BCUT2D eigenvalue weighted by molar-refractivity contribution is -0.105. The Morgan fingerprint density at radius 1 is 1.26 bits per heavy atom. The number of halogens is 3. The topological polar surface area (TPSA) is 45.1 Å². The predicted octanol–water partition coefficient (Wildman–Crippen LogP) is 4.68. The van der Waals surface area contributed by atoms with Crippen LogP contribution in [0, 0.1) is 6.92 Å². The molecule has 7 heteroatoms. The van der Waals surface area contributed by atoms with Crippen molar-refractivity contribution < 1.29 is 18.6 Å². The fourth-order valence-corrected chi connectivity index (χ4v) is 2.87. The van der Waals surface area contributed by atoms with Crippen LogP contribution >= 0.6 is 11.6 Å². The number of hydrogen-bond acceptors (Lipinski definition) is 3. The smallest absolute Gasteiger partial charge is 0.358 e. The minimum Gasteiger partial charge on any atom is -0.496 e. The molecule has 0 radical (unpaired) electrons. The van der Waals surface area contributed by atoms with Crippen LogP contribution in [0.5, 0.6) is 5.75 Å². The zero-order chi connectivity index (χ0) is 20.2. The lowest BCUT2D eigenvalue weighted by Gasteiger charge is -2.34. The highest BCUT2D eigenvalue weighted by molar-refractivity contribution is 6.22. The standard InChI is InChI=1S/C20H23ClF2N2O2/c1-5-25(3)13-24-17-12-18(27-4)16(11-14(17)2)19(26,20(21,22)23)15-9-7-6-8-10-15/h6-13,26H,5H2,1-4H3/b24-13+. The van der Waals surface area contributed by atoms with Gasteiger partial charge in [-0.15, -0.1) is 0 Å². The third-order valence-corrected chi connectivity index (χ3v) is 4.68. The molecule has 1 N–H and O–H groups in total. The van der Waals surface area contributed by atoms with Crippen molar-refractivity contribution in [2.24, 2.45) is 4.99 Å². The van der Waals surface area contributed by atoms with E-state index in [2.05, 4.69) is 4.99 Å². The molecule has 0 aromatic heterocycles. The average molecular weight is 397 g/mol. The van der Waals surface area contributed by atoms with E-state index in [0.717, 1.165) is 6.54 Å². The van der Waals surface area contributed by atoms with Crippen LogP contribution in [-0.2, 0) is 5.60 Å². The molecular formula is C20H23ClF2N2O2. The van der Waals surface area contributed by atoms with Gasteiger partial charge in [0.25, 0.3) is 0 Å². The largest absolute Gasteiger partial charge is 0.496 e. The molecule has 2 aromatic rings. The number of aryl methyl sites for hydroxylation is 1. The van der Waals surface area contributed by atoms with E-state index in [0.29, 0.717) is 11.3 Å². The summed E-state index contributed by atoms with van der Waals surface area (Å²) >= 11 is 5.38. The van der Waals surface area contributed by atoms with Crippen LogP contribution in [0.4, 0.5) is 14.5 Å². The van der Waals surface area contributed by atoms with Gasteiger partial charge >= 0.3 is 5.38 Å². The van der Waals surface area contributed by atoms with E-state index in [1.165, 1.54) is 31.4 Å². The van der Waals surface area contributed by atoms with Gasteiger partial charge in [-0.05, 0) is 42.6 Å². The average Bonchev–Trinajstić information content (AvgIpc) is 2.65. The van der Waals surface area contributed by atoms with Gasteiger partial charge < -0.3 is 14.7 Å². The number of rotatable bonds is 7. The Balaban J connectivity index is 2.68. The first-order chi connectivity index (χ1) is 12.6. The minimum absolute atomic E-state index is 0.0373. The normalized spacial score (nSPS) is 14.2. The highest BCUT2D eigenvalue weighted by atomic mass is 35.5. The predicted molar refractivity (Wildman–Crippen MR) is 104 cm³/mol. The SMILES string of the molecule is CCN(C)/C=N/c1cc(OC)c(C(O)(c2ccccc2)C(F)(F)Cl)cc1C. The van der Waals surface area contributed by atoms with Gasteiger partial charge in [-0.3, -0.25) is 0 Å². The molecule has 0 aliphatic carbocycles. The number of benzene rings is 2. The van der Waals surface area contributed by atoms with Crippen molar-refractivity contribution in [3.8, 4) is 5.75 Å². The van der Waals surface area contributed by atoms with Crippen LogP contribution in [0.1, 0.15) is 23.6 Å². The Morgan fingerprint density at radius 3 is 2.41 bits per heavy atom. The molecule has 1 unspecified atom stereocenters. The summed E-state index contributed by atoms with van der Waals surface area (Å²) in [4.78, 5) is 6.23. The van der Waals surface area contributed by atoms with Crippen LogP contribution in [0.2, 0.25) is 0 Å². The van der Waals surface area contributed by atoms with Crippen molar-refractivity contribution in [1.29, 1.82) is 0 Å². The van der Waals surface area contributed by atoms with Gasteiger partial charge in [0.15, 0.2) is 5.60 Å². The first kappa shape index (κ1) is 21.1. The summed E-state index contributed by atoms with van der Waals surface area (Å²) < 4.78 is 34.1. The second-order valence-corrected chi connectivity index (χ2v) is 6.71. The first-order valence-corrected chi connectivity index (χ1v) is 8.81. The van der Waals surface area contributed by atoms with Gasteiger partial charge in [-0.25, -0.2) is 4.99 Å². The number of ether oxygens (including phenoxy) is 1. The summed E-state index contributed by atoms with van der Waals surface area (Å²) in [6.07, 6.45) is 1.64. The van der Waals surface area contributed by atoms with Crippen LogP contribution in [0.15, 0.2) is 47.5 Å². The third-order valence-electron chi connectivity index (χ3n) is 4.40. The monoisotopic (exact) mass is 396 g/mol. The minimum atomic E-state index is -3.97. The summed E-state index contributed by atoms with van der Waals surface area (Å²) in [5.74, 6) is 0.0681. The molecule has 0 saturated carbocycles. The molecule has 0 saturated heterocycles. The molecule has 0 aliphatic rings. The molecule has 0 bridgehead atoms. The maximum atomic E-state index is 14.4. The number of aliphatic hydroxyl groups is 1. The fraction of sp³-hybridized carbons (Fsp3) is 0.350. The Hall–Kier alpha value is -2.18. The fourth-order valence-electron chi connectivity index (χ4n) is 2.66. The molecule has 146 valence electrons. The van der Waals surface area contributed by atoms with E-state index >= 15 is 0 Å². The van der Waals surface area contributed by atoms with Crippen LogP contribution in [0.3, 0.4) is 0 Å². The molecule has 0 heterocycles. The summed E-state index contributed by atoms with van der Waals surface area (Å²) in [6, 6.07) is 10.5. The molecule has 1 atom stereocenters. The Labute approximate surface area is 163 Å². The number of hydrogen-bond donors (Lipinski definition) is 1. The number of methoxy groups -OCH3 is 1. The second-order valence-electron chi connectivity index (χ2n) is 6.23. The maximum Gasteiger partial charge on any atom is 0.358 e. The van der Waals surface area contributed by atoms with E-state index in [4.69, 9.17) is 16.3 Å². The zero-order valence-electron chi connectivity index (χ0n) is 15.7. The Kier molecular flexibility index (Phi) is 6.44. The van der Waals surface area contributed by atoms with E-state index in [9.17, 15) is 13.9 Å². The summed E-state index contributed by atoms with van der Waals surface area (Å²) in [5.41, 5.74) is -1.79. The van der Waals surface area contributed by atoms with Gasteiger partial charge in [-0.2, -0.15) is 8.78 Å². The maximum absolute atomic E-state index is 14.4. The summed E-state index contributed by atoms with van der Waals surface area (Å²) in [5, 5.41) is 7.09. The van der Waals surface area contributed by atoms with Crippen molar-refractivity contribution in [1.82, 2.24) is 4.90 Å². The zero-order valence-corrected chi connectivity index (χ0v) is 16.5. The number of alkyl halides is 3. The molecule has 2 aromatic carbocycles. The molecule has 4 nitrogen and oxygen atoms in total. The van der Waals surface area contributed by atoms with Crippen molar-refractivity contribution >= 4 is 23.6 Å².